The maximum Gasteiger partial charge on any atom is 0.300 e. The number of nitrogens with zero attached hydrogens (tertiary/aromatic N) is 3. The highest BCUT2D eigenvalue weighted by Gasteiger charge is 2.33. The number of aliphatic imine (C=N–C) groups is 1. The molecule has 3 rings (SSSR count). The lowest BCUT2D eigenvalue weighted by Crippen LogP contribution is -2.29. The monoisotopic (exact) mass is 433 g/mol. The number of amidine groups is 1. The summed E-state index contributed by atoms with van der Waals surface area (Å²) in [4.78, 5) is 21.3. The SMILES string of the molecule is CCCc1ccc(CCN=C2O/C(=C/c3ccc(N(CC)CC)cc3)C(=O)N2CC)cc1. The van der Waals surface area contributed by atoms with Crippen molar-refractivity contribution in [3.8, 4) is 0 Å². The molecule has 1 aliphatic rings. The van der Waals surface area contributed by atoms with Gasteiger partial charge in [0.25, 0.3) is 11.9 Å². The normalized spacial score (nSPS) is 16.1. The van der Waals surface area contributed by atoms with E-state index in [1.807, 2.05) is 19.1 Å². The van der Waals surface area contributed by atoms with Crippen LogP contribution in [0, 0.1) is 0 Å². The maximum absolute atomic E-state index is 12.8. The molecule has 1 aliphatic heterocycles. The quantitative estimate of drug-likeness (QED) is 0.478. The first-order chi connectivity index (χ1) is 15.6. The molecule has 1 amide bonds. The van der Waals surface area contributed by atoms with Crippen LogP contribution in [0.15, 0.2) is 59.3 Å². The van der Waals surface area contributed by atoms with Gasteiger partial charge in [-0.05, 0) is 68.5 Å². The molecule has 0 spiro atoms. The second kappa shape index (κ2) is 11.5. The Balaban J connectivity index is 1.67. The summed E-state index contributed by atoms with van der Waals surface area (Å²) in [6, 6.07) is 17.3. The van der Waals surface area contributed by atoms with E-state index in [0.29, 0.717) is 24.9 Å². The third-order valence-electron chi connectivity index (χ3n) is 5.73. The molecule has 0 N–H and O–H groups in total. The minimum Gasteiger partial charge on any atom is -0.420 e. The second-order valence-corrected chi connectivity index (χ2v) is 7.90. The molecule has 1 heterocycles. The van der Waals surface area contributed by atoms with Gasteiger partial charge in [0.15, 0.2) is 5.76 Å². The highest BCUT2D eigenvalue weighted by molar-refractivity contribution is 6.11. The van der Waals surface area contributed by atoms with Crippen molar-refractivity contribution in [1.82, 2.24) is 4.90 Å². The summed E-state index contributed by atoms with van der Waals surface area (Å²) < 4.78 is 5.87. The molecular formula is C27H35N3O2. The van der Waals surface area contributed by atoms with E-state index in [4.69, 9.17) is 4.74 Å². The fourth-order valence-corrected chi connectivity index (χ4v) is 3.87. The van der Waals surface area contributed by atoms with E-state index in [1.54, 1.807) is 11.0 Å². The van der Waals surface area contributed by atoms with E-state index in [1.165, 1.54) is 16.8 Å². The van der Waals surface area contributed by atoms with Crippen LogP contribution < -0.4 is 4.90 Å². The number of amides is 1. The van der Waals surface area contributed by atoms with Gasteiger partial charge in [0.1, 0.15) is 0 Å². The number of rotatable bonds is 10. The number of anilines is 1. The first-order valence-electron chi connectivity index (χ1n) is 11.8. The first kappa shape index (κ1) is 23.6. The van der Waals surface area contributed by atoms with Crippen LogP contribution in [0.1, 0.15) is 50.8 Å². The van der Waals surface area contributed by atoms with E-state index in [2.05, 4.69) is 67.1 Å². The summed E-state index contributed by atoms with van der Waals surface area (Å²) in [7, 11) is 0. The van der Waals surface area contributed by atoms with E-state index in [0.717, 1.165) is 37.9 Å². The van der Waals surface area contributed by atoms with Crippen LogP contribution in [0.3, 0.4) is 0 Å². The molecule has 5 nitrogen and oxygen atoms in total. The molecule has 5 heteroatoms. The van der Waals surface area contributed by atoms with Crippen LogP contribution in [0.4, 0.5) is 5.69 Å². The van der Waals surface area contributed by atoms with Crippen LogP contribution in [0.25, 0.3) is 6.08 Å². The highest BCUT2D eigenvalue weighted by Crippen LogP contribution is 2.22. The fraction of sp³-hybridized carbons (Fsp3) is 0.407. The van der Waals surface area contributed by atoms with Crippen LogP contribution in [0.2, 0.25) is 0 Å². The number of hydrogen-bond acceptors (Lipinski definition) is 4. The minimum atomic E-state index is -0.136. The highest BCUT2D eigenvalue weighted by atomic mass is 16.5. The number of hydrogen-bond donors (Lipinski definition) is 0. The zero-order valence-electron chi connectivity index (χ0n) is 19.8. The summed E-state index contributed by atoms with van der Waals surface area (Å²) >= 11 is 0. The van der Waals surface area contributed by atoms with Crippen molar-refractivity contribution < 1.29 is 9.53 Å². The van der Waals surface area contributed by atoms with Gasteiger partial charge in [-0.3, -0.25) is 9.69 Å². The summed E-state index contributed by atoms with van der Waals surface area (Å²) in [6.07, 6.45) is 4.88. The molecule has 0 atom stereocenters. The third kappa shape index (κ3) is 5.78. The van der Waals surface area contributed by atoms with E-state index < -0.39 is 0 Å². The van der Waals surface area contributed by atoms with Gasteiger partial charge in [0.2, 0.25) is 0 Å². The number of likely N-dealkylation sites (N-methyl/N-ethyl adjacent to an activating group) is 1. The summed E-state index contributed by atoms with van der Waals surface area (Å²) in [5.74, 6) is 0.188. The Morgan fingerprint density at radius 3 is 2.09 bits per heavy atom. The number of carbonyl (C=O) groups is 1. The number of carbonyl (C=O) groups excluding carboxylic acids is 1. The van der Waals surface area contributed by atoms with Crippen LogP contribution in [-0.2, 0) is 22.4 Å². The van der Waals surface area contributed by atoms with Crippen molar-refractivity contribution in [3.63, 3.8) is 0 Å². The van der Waals surface area contributed by atoms with Gasteiger partial charge in [-0.1, -0.05) is 49.7 Å². The Morgan fingerprint density at radius 2 is 1.53 bits per heavy atom. The van der Waals surface area contributed by atoms with Crippen molar-refractivity contribution in [1.29, 1.82) is 0 Å². The smallest absolute Gasteiger partial charge is 0.300 e. The lowest BCUT2D eigenvalue weighted by molar-refractivity contribution is -0.122. The fourth-order valence-electron chi connectivity index (χ4n) is 3.87. The average Bonchev–Trinajstić information content (AvgIpc) is 3.11. The topological polar surface area (TPSA) is 45.1 Å². The predicted octanol–water partition coefficient (Wildman–Crippen LogP) is 5.30. The molecule has 1 saturated heterocycles. The molecule has 0 aliphatic carbocycles. The van der Waals surface area contributed by atoms with Gasteiger partial charge in [-0.2, -0.15) is 0 Å². The molecule has 170 valence electrons. The van der Waals surface area contributed by atoms with Gasteiger partial charge in [0.05, 0.1) is 0 Å². The first-order valence-corrected chi connectivity index (χ1v) is 11.8. The van der Waals surface area contributed by atoms with Crippen molar-refractivity contribution in [2.75, 3.05) is 31.1 Å². The Labute approximate surface area is 192 Å². The zero-order chi connectivity index (χ0) is 22.9. The Bertz CT molecular complexity index is 942. The largest absolute Gasteiger partial charge is 0.420 e. The van der Waals surface area contributed by atoms with Crippen molar-refractivity contribution in [3.05, 3.63) is 71.0 Å². The Hall–Kier alpha value is -3.08. The number of ether oxygens (including phenoxy) is 1. The average molecular weight is 434 g/mol. The molecule has 0 bridgehead atoms. The molecule has 32 heavy (non-hydrogen) atoms. The molecule has 0 unspecified atom stereocenters. The van der Waals surface area contributed by atoms with E-state index >= 15 is 0 Å². The minimum absolute atomic E-state index is 0.136. The summed E-state index contributed by atoms with van der Waals surface area (Å²) in [6.45, 7) is 11.5. The summed E-state index contributed by atoms with van der Waals surface area (Å²) in [5, 5.41) is 0. The third-order valence-corrected chi connectivity index (χ3v) is 5.73. The molecule has 2 aromatic carbocycles. The van der Waals surface area contributed by atoms with Gasteiger partial charge in [-0.25, -0.2) is 4.99 Å². The molecule has 2 aromatic rings. The molecule has 0 saturated carbocycles. The van der Waals surface area contributed by atoms with Gasteiger partial charge >= 0.3 is 0 Å². The van der Waals surface area contributed by atoms with E-state index in [-0.39, 0.29) is 5.91 Å². The summed E-state index contributed by atoms with van der Waals surface area (Å²) in [5.41, 5.74) is 4.72. The lowest BCUT2D eigenvalue weighted by Gasteiger charge is -2.20. The maximum atomic E-state index is 12.8. The van der Waals surface area contributed by atoms with Gasteiger partial charge < -0.3 is 9.64 Å². The predicted molar refractivity (Wildman–Crippen MR) is 133 cm³/mol. The standard InChI is InChI=1S/C27H35N3O2/c1-5-9-21-10-12-22(13-11-21)18-19-28-27-30(8-4)26(31)25(32-27)20-23-14-16-24(17-15-23)29(6-2)7-3/h10-17,20H,5-9,18-19H2,1-4H3/b25-20+,28-27?. The lowest BCUT2D eigenvalue weighted by atomic mass is 10.1. The Kier molecular flexibility index (Phi) is 8.48. The molecule has 1 fully saturated rings. The van der Waals surface area contributed by atoms with Crippen LogP contribution in [0.5, 0.6) is 0 Å². The van der Waals surface area contributed by atoms with E-state index in [9.17, 15) is 4.79 Å². The molecule has 0 aromatic heterocycles. The van der Waals surface area contributed by atoms with Crippen LogP contribution in [-0.4, -0.2) is 43.0 Å². The molecule has 0 radical (unpaired) electrons. The second-order valence-electron chi connectivity index (χ2n) is 7.90. The number of benzene rings is 2. The van der Waals surface area contributed by atoms with Gasteiger partial charge in [0, 0.05) is 31.9 Å². The van der Waals surface area contributed by atoms with Crippen molar-refractivity contribution >= 4 is 23.7 Å². The van der Waals surface area contributed by atoms with Gasteiger partial charge in [-0.15, -0.1) is 0 Å². The van der Waals surface area contributed by atoms with Crippen LogP contribution >= 0.6 is 0 Å². The Morgan fingerprint density at radius 1 is 0.906 bits per heavy atom. The van der Waals surface area contributed by atoms with Crippen molar-refractivity contribution in [2.45, 2.75) is 47.0 Å². The van der Waals surface area contributed by atoms with Crippen molar-refractivity contribution in [2.24, 2.45) is 4.99 Å². The molecular weight excluding hydrogens is 398 g/mol. The zero-order valence-corrected chi connectivity index (χ0v) is 19.8. The number of aryl methyl sites for hydroxylation is 1.